The van der Waals surface area contributed by atoms with Gasteiger partial charge in [-0.1, -0.05) is 35.0 Å². The lowest BCUT2D eigenvalue weighted by Gasteiger charge is -2.05. The average molecular weight is 307 g/mol. The number of carbonyl (C=O) groups is 1. The van der Waals surface area contributed by atoms with Crippen LogP contribution >= 0.6 is 0 Å². The highest BCUT2D eigenvalue weighted by molar-refractivity contribution is 5.90. The lowest BCUT2D eigenvalue weighted by Crippen LogP contribution is -2.11. The Hall–Kier alpha value is -2.95. The van der Waals surface area contributed by atoms with Gasteiger partial charge in [-0.3, -0.25) is 0 Å². The van der Waals surface area contributed by atoms with Crippen LogP contribution in [-0.2, 0) is 0 Å². The van der Waals surface area contributed by atoms with Gasteiger partial charge in [0.25, 0.3) is 0 Å². The number of ether oxygens (including phenoxy) is 1. The molecule has 0 radical (unpaired) electrons. The molecule has 0 saturated heterocycles. The van der Waals surface area contributed by atoms with Gasteiger partial charge in [0.15, 0.2) is 5.69 Å². The zero-order valence-corrected chi connectivity index (χ0v) is 13.3. The molecule has 0 fully saturated rings. The second-order valence-corrected chi connectivity index (χ2v) is 5.48. The van der Waals surface area contributed by atoms with Crippen LogP contribution in [0.25, 0.3) is 5.69 Å². The lowest BCUT2D eigenvalue weighted by molar-refractivity contribution is 0.0727. The van der Waals surface area contributed by atoms with E-state index in [1.54, 1.807) is 23.7 Å². The highest BCUT2D eigenvalue weighted by Gasteiger charge is 2.19. The first-order chi connectivity index (χ1) is 11.0. The normalized spacial score (nSPS) is 10.6. The molecule has 5 nitrogen and oxygen atoms in total. The van der Waals surface area contributed by atoms with Crippen LogP contribution in [0.2, 0.25) is 0 Å². The highest BCUT2D eigenvalue weighted by atomic mass is 16.5. The smallest absolute Gasteiger partial charge is 0.366 e. The molecule has 0 aliphatic carbocycles. The molecule has 0 N–H and O–H groups in total. The molecule has 23 heavy (non-hydrogen) atoms. The van der Waals surface area contributed by atoms with E-state index in [0.717, 1.165) is 16.8 Å². The number of aromatic nitrogens is 3. The summed E-state index contributed by atoms with van der Waals surface area (Å²) in [5.41, 5.74) is 3.90. The van der Waals surface area contributed by atoms with Gasteiger partial charge in [0.2, 0.25) is 0 Å². The minimum atomic E-state index is -0.508. The summed E-state index contributed by atoms with van der Waals surface area (Å²) in [7, 11) is 0. The van der Waals surface area contributed by atoms with E-state index < -0.39 is 5.97 Å². The molecule has 0 bridgehead atoms. The molecule has 0 aliphatic heterocycles. The topological polar surface area (TPSA) is 57.0 Å². The molecule has 0 amide bonds. The molecule has 0 unspecified atom stereocenters. The highest BCUT2D eigenvalue weighted by Crippen LogP contribution is 2.17. The van der Waals surface area contributed by atoms with Crippen molar-refractivity contribution in [2.24, 2.45) is 0 Å². The molecule has 116 valence electrons. The molecule has 0 saturated carbocycles. The predicted molar refractivity (Wildman–Crippen MR) is 87.0 cm³/mol. The molecular weight excluding hydrogens is 290 g/mol. The van der Waals surface area contributed by atoms with Gasteiger partial charge in [-0.15, -0.1) is 5.10 Å². The van der Waals surface area contributed by atoms with Crippen LogP contribution in [0.15, 0.2) is 48.5 Å². The lowest BCUT2D eigenvalue weighted by atomic mass is 10.2. The number of aryl methyl sites for hydroxylation is 2. The summed E-state index contributed by atoms with van der Waals surface area (Å²) in [6.07, 6.45) is 0. The predicted octanol–water partition coefficient (Wildman–Crippen LogP) is 3.41. The summed E-state index contributed by atoms with van der Waals surface area (Å²) in [5, 5.41) is 8.03. The van der Waals surface area contributed by atoms with Gasteiger partial charge in [-0.25, -0.2) is 9.48 Å². The van der Waals surface area contributed by atoms with E-state index in [1.165, 1.54) is 0 Å². The standard InChI is InChI=1S/C18H17N3O2/c1-12-7-9-15(10-8-12)21-14(3)17(19-20-21)18(22)23-16-6-4-5-13(2)11-16/h4-11H,1-3H3. The van der Waals surface area contributed by atoms with Gasteiger partial charge < -0.3 is 4.74 Å². The van der Waals surface area contributed by atoms with Crippen molar-refractivity contribution in [2.45, 2.75) is 20.8 Å². The van der Waals surface area contributed by atoms with E-state index in [1.807, 2.05) is 50.2 Å². The Morgan fingerprint density at radius 2 is 1.74 bits per heavy atom. The molecule has 1 aromatic heterocycles. The van der Waals surface area contributed by atoms with Gasteiger partial charge in [-0.05, 0) is 50.6 Å². The van der Waals surface area contributed by atoms with Crippen molar-refractivity contribution in [1.82, 2.24) is 15.0 Å². The average Bonchev–Trinajstić information content (AvgIpc) is 2.90. The maximum absolute atomic E-state index is 12.3. The summed E-state index contributed by atoms with van der Waals surface area (Å²) in [5.74, 6) is -0.00857. The number of benzene rings is 2. The van der Waals surface area contributed by atoms with Crippen molar-refractivity contribution in [3.8, 4) is 11.4 Å². The molecular formula is C18H17N3O2. The van der Waals surface area contributed by atoms with E-state index in [4.69, 9.17) is 4.74 Å². The third-order valence-electron chi connectivity index (χ3n) is 3.57. The van der Waals surface area contributed by atoms with Crippen LogP contribution < -0.4 is 4.74 Å². The first-order valence-corrected chi connectivity index (χ1v) is 7.33. The van der Waals surface area contributed by atoms with Gasteiger partial charge in [0.05, 0.1) is 11.4 Å². The van der Waals surface area contributed by atoms with Crippen molar-refractivity contribution in [1.29, 1.82) is 0 Å². The molecule has 2 aromatic carbocycles. The summed E-state index contributed by atoms with van der Waals surface area (Å²) in [4.78, 5) is 12.3. The first kappa shape index (κ1) is 15.0. The van der Waals surface area contributed by atoms with E-state index in [9.17, 15) is 4.79 Å². The molecule has 3 rings (SSSR count). The first-order valence-electron chi connectivity index (χ1n) is 7.33. The van der Waals surface area contributed by atoms with E-state index in [2.05, 4.69) is 10.3 Å². The zero-order valence-electron chi connectivity index (χ0n) is 13.3. The van der Waals surface area contributed by atoms with Crippen LogP contribution in [0.4, 0.5) is 0 Å². The molecule has 3 aromatic rings. The van der Waals surface area contributed by atoms with Gasteiger partial charge in [0, 0.05) is 0 Å². The number of carbonyl (C=O) groups excluding carboxylic acids is 1. The monoisotopic (exact) mass is 307 g/mol. The Balaban J connectivity index is 1.86. The Morgan fingerprint density at radius 1 is 1.00 bits per heavy atom. The molecule has 0 spiro atoms. The summed E-state index contributed by atoms with van der Waals surface area (Å²) in [6, 6.07) is 15.2. The van der Waals surface area contributed by atoms with E-state index in [0.29, 0.717) is 11.4 Å². The number of rotatable bonds is 3. The summed E-state index contributed by atoms with van der Waals surface area (Å²) >= 11 is 0. The second kappa shape index (κ2) is 6.04. The summed E-state index contributed by atoms with van der Waals surface area (Å²) < 4.78 is 7.01. The SMILES string of the molecule is Cc1ccc(-n2nnc(C(=O)Oc3cccc(C)c3)c2C)cc1. The minimum Gasteiger partial charge on any atom is -0.422 e. The minimum absolute atomic E-state index is 0.215. The maximum atomic E-state index is 12.3. The fourth-order valence-corrected chi connectivity index (χ4v) is 2.28. The van der Waals surface area contributed by atoms with Crippen LogP contribution in [-0.4, -0.2) is 21.0 Å². The van der Waals surface area contributed by atoms with Crippen molar-refractivity contribution in [3.05, 3.63) is 71.0 Å². The molecule has 0 atom stereocenters. The fraction of sp³-hybridized carbons (Fsp3) is 0.167. The summed E-state index contributed by atoms with van der Waals surface area (Å²) in [6.45, 7) is 5.76. The number of esters is 1. The van der Waals surface area contributed by atoms with Crippen LogP contribution in [0, 0.1) is 20.8 Å². The second-order valence-electron chi connectivity index (χ2n) is 5.48. The van der Waals surface area contributed by atoms with Gasteiger partial charge >= 0.3 is 5.97 Å². The van der Waals surface area contributed by atoms with Crippen molar-refractivity contribution < 1.29 is 9.53 Å². The third-order valence-corrected chi connectivity index (χ3v) is 3.57. The van der Waals surface area contributed by atoms with Crippen molar-refractivity contribution in [2.75, 3.05) is 0 Å². The Labute approximate surface area is 134 Å². The maximum Gasteiger partial charge on any atom is 0.366 e. The molecule has 0 aliphatic rings. The Kier molecular flexibility index (Phi) is 3.93. The third kappa shape index (κ3) is 3.13. The van der Waals surface area contributed by atoms with Crippen LogP contribution in [0.3, 0.4) is 0 Å². The van der Waals surface area contributed by atoms with Crippen molar-refractivity contribution in [3.63, 3.8) is 0 Å². The molecule has 1 heterocycles. The quantitative estimate of drug-likeness (QED) is 0.549. The largest absolute Gasteiger partial charge is 0.422 e. The number of hydrogen-bond acceptors (Lipinski definition) is 4. The van der Waals surface area contributed by atoms with Gasteiger partial charge in [0.1, 0.15) is 5.75 Å². The number of nitrogens with zero attached hydrogens (tertiary/aromatic N) is 3. The van der Waals surface area contributed by atoms with Crippen LogP contribution in [0.1, 0.15) is 27.3 Å². The molecule has 5 heteroatoms. The van der Waals surface area contributed by atoms with Crippen LogP contribution in [0.5, 0.6) is 5.75 Å². The van der Waals surface area contributed by atoms with Crippen molar-refractivity contribution >= 4 is 5.97 Å². The van der Waals surface area contributed by atoms with Gasteiger partial charge in [-0.2, -0.15) is 0 Å². The fourth-order valence-electron chi connectivity index (χ4n) is 2.28. The van der Waals surface area contributed by atoms with E-state index in [-0.39, 0.29) is 5.69 Å². The Bertz CT molecular complexity index is 851. The van der Waals surface area contributed by atoms with E-state index >= 15 is 0 Å². The Morgan fingerprint density at radius 3 is 2.43 bits per heavy atom. The number of hydrogen-bond donors (Lipinski definition) is 0. The zero-order chi connectivity index (χ0) is 16.4.